The third-order valence-corrected chi connectivity index (χ3v) is 5.96. The van der Waals surface area contributed by atoms with Crippen LogP contribution >= 0.6 is 11.3 Å². The number of ether oxygens (including phenoxy) is 1. The van der Waals surface area contributed by atoms with Gasteiger partial charge in [-0.3, -0.25) is 9.78 Å². The number of fused-ring (bicyclic) bond motifs is 2. The summed E-state index contributed by atoms with van der Waals surface area (Å²) in [6.07, 6.45) is 5.17. The van der Waals surface area contributed by atoms with Crippen LogP contribution in [0.1, 0.15) is 33.0 Å². The van der Waals surface area contributed by atoms with Crippen LogP contribution in [0.4, 0.5) is 0 Å². The van der Waals surface area contributed by atoms with E-state index in [0.717, 1.165) is 45.8 Å². The van der Waals surface area contributed by atoms with Gasteiger partial charge in [-0.2, -0.15) is 0 Å². The number of aromatic nitrogens is 2. The van der Waals surface area contributed by atoms with E-state index in [9.17, 15) is 4.79 Å². The summed E-state index contributed by atoms with van der Waals surface area (Å²) < 4.78 is 6.54. The maximum Gasteiger partial charge on any atom is 0.256 e. The molecule has 1 aromatic carbocycles. The Morgan fingerprint density at radius 1 is 1.23 bits per heavy atom. The molecule has 0 aliphatic carbocycles. The topological polar surface area (TPSA) is 55.3 Å². The Bertz CT molecular complexity index is 1010. The van der Waals surface area contributed by atoms with Crippen molar-refractivity contribution >= 4 is 33.0 Å². The SMILES string of the molecule is O=C1c2c(C3=COCC3)ccnc2CN1CCc1nc2ccccc2s1. The zero-order valence-corrected chi connectivity index (χ0v) is 15.0. The van der Waals surface area contributed by atoms with E-state index in [1.54, 1.807) is 23.8 Å². The molecule has 2 aliphatic rings. The van der Waals surface area contributed by atoms with E-state index in [4.69, 9.17) is 4.74 Å². The fraction of sp³-hybridized carbons (Fsp3) is 0.250. The molecule has 4 heterocycles. The maximum atomic E-state index is 13.0. The quantitative estimate of drug-likeness (QED) is 0.710. The molecule has 0 bridgehead atoms. The summed E-state index contributed by atoms with van der Waals surface area (Å²) in [5, 5.41) is 1.06. The van der Waals surface area contributed by atoms with Gasteiger partial charge in [0.1, 0.15) is 0 Å². The molecule has 0 fully saturated rings. The normalized spacial score (nSPS) is 16.1. The third kappa shape index (κ3) is 2.57. The lowest BCUT2D eigenvalue weighted by Crippen LogP contribution is -2.26. The Balaban J connectivity index is 1.36. The Kier molecular flexibility index (Phi) is 3.71. The van der Waals surface area contributed by atoms with Crippen LogP contribution in [0, 0.1) is 0 Å². The number of benzene rings is 1. The lowest BCUT2D eigenvalue weighted by atomic mass is 9.99. The van der Waals surface area contributed by atoms with Crippen molar-refractivity contribution in [2.24, 2.45) is 0 Å². The molecule has 0 spiro atoms. The highest BCUT2D eigenvalue weighted by atomic mass is 32.1. The fourth-order valence-electron chi connectivity index (χ4n) is 3.57. The van der Waals surface area contributed by atoms with Crippen molar-refractivity contribution in [1.29, 1.82) is 0 Å². The number of hydrogen-bond acceptors (Lipinski definition) is 5. The lowest BCUT2D eigenvalue weighted by Gasteiger charge is -2.14. The van der Waals surface area contributed by atoms with Gasteiger partial charge in [-0.05, 0) is 29.3 Å². The van der Waals surface area contributed by atoms with Crippen LogP contribution in [0.5, 0.6) is 0 Å². The standard InChI is InChI=1S/C20H17N3O2S/c24-20-19-14(13-7-10-25-12-13)5-8-21-16(19)11-23(20)9-6-18-22-15-3-1-2-4-17(15)26-18/h1-5,8,12H,6-7,9-11H2. The van der Waals surface area contributed by atoms with Gasteiger partial charge in [0, 0.05) is 25.6 Å². The minimum atomic E-state index is 0.0667. The zero-order chi connectivity index (χ0) is 17.5. The van der Waals surface area contributed by atoms with Gasteiger partial charge in [0.05, 0.1) is 45.9 Å². The number of carbonyl (C=O) groups excluding carboxylic acids is 1. The summed E-state index contributed by atoms with van der Waals surface area (Å²) >= 11 is 1.70. The van der Waals surface area contributed by atoms with Gasteiger partial charge in [0.25, 0.3) is 5.91 Å². The molecule has 3 aromatic rings. The molecular weight excluding hydrogens is 346 g/mol. The predicted molar refractivity (Wildman–Crippen MR) is 101 cm³/mol. The fourth-order valence-corrected chi connectivity index (χ4v) is 4.52. The molecular formula is C20H17N3O2S. The Hall–Kier alpha value is -2.73. The number of para-hydroxylation sites is 1. The molecule has 6 heteroatoms. The van der Waals surface area contributed by atoms with E-state index in [-0.39, 0.29) is 5.91 Å². The van der Waals surface area contributed by atoms with Crippen molar-refractivity contribution in [3.8, 4) is 0 Å². The van der Waals surface area contributed by atoms with Gasteiger partial charge < -0.3 is 9.64 Å². The highest BCUT2D eigenvalue weighted by Crippen LogP contribution is 2.32. The van der Waals surface area contributed by atoms with Gasteiger partial charge in [0.2, 0.25) is 0 Å². The first-order valence-corrected chi connectivity index (χ1v) is 9.54. The monoisotopic (exact) mass is 363 g/mol. The summed E-state index contributed by atoms with van der Waals surface area (Å²) in [6, 6.07) is 10.1. The van der Waals surface area contributed by atoms with Crippen LogP contribution < -0.4 is 0 Å². The minimum Gasteiger partial charge on any atom is -0.501 e. The van der Waals surface area contributed by atoms with Gasteiger partial charge in [0.15, 0.2) is 0 Å². The number of amides is 1. The molecule has 5 nitrogen and oxygen atoms in total. The highest BCUT2D eigenvalue weighted by molar-refractivity contribution is 7.18. The van der Waals surface area contributed by atoms with Gasteiger partial charge in [-0.25, -0.2) is 4.98 Å². The largest absolute Gasteiger partial charge is 0.501 e. The zero-order valence-electron chi connectivity index (χ0n) is 14.1. The summed E-state index contributed by atoms with van der Waals surface area (Å²) in [5.74, 6) is 0.0667. The summed E-state index contributed by atoms with van der Waals surface area (Å²) in [5.41, 5.74) is 4.70. The molecule has 130 valence electrons. The van der Waals surface area contributed by atoms with Crippen LogP contribution in [0.15, 0.2) is 42.8 Å². The van der Waals surface area contributed by atoms with E-state index in [0.29, 0.717) is 19.7 Å². The molecule has 0 N–H and O–H groups in total. The molecule has 0 atom stereocenters. The minimum absolute atomic E-state index is 0.0667. The first-order chi connectivity index (χ1) is 12.8. The number of hydrogen-bond donors (Lipinski definition) is 0. The van der Waals surface area contributed by atoms with Crippen LogP contribution in [-0.2, 0) is 17.7 Å². The second-order valence-electron chi connectivity index (χ2n) is 6.50. The van der Waals surface area contributed by atoms with E-state index in [2.05, 4.69) is 16.0 Å². The van der Waals surface area contributed by atoms with Crippen molar-refractivity contribution < 1.29 is 9.53 Å². The first kappa shape index (κ1) is 15.5. The van der Waals surface area contributed by atoms with Gasteiger partial charge >= 0.3 is 0 Å². The second kappa shape index (κ2) is 6.21. The van der Waals surface area contributed by atoms with E-state index in [1.807, 2.05) is 29.2 Å². The number of pyridine rings is 1. The third-order valence-electron chi connectivity index (χ3n) is 4.87. The predicted octanol–water partition coefficient (Wildman–Crippen LogP) is 3.65. The lowest BCUT2D eigenvalue weighted by molar-refractivity contribution is 0.0779. The molecule has 1 amide bonds. The Labute approximate surface area is 155 Å². The Morgan fingerprint density at radius 2 is 2.15 bits per heavy atom. The molecule has 0 saturated heterocycles. The first-order valence-electron chi connectivity index (χ1n) is 8.72. The molecule has 2 aromatic heterocycles. The van der Waals surface area contributed by atoms with Crippen molar-refractivity contribution in [3.05, 3.63) is 64.6 Å². The summed E-state index contributed by atoms with van der Waals surface area (Å²) in [6.45, 7) is 1.91. The number of carbonyl (C=O) groups is 1. The van der Waals surface area contributed by atoms with Crippen LogP contribution in [0.2, 0.25) is 0 Å². The van der Waals surface area contributed by atoms with E-state index in [1.165, 1.54) is 4.70 Å². The van der Waals surface area contributed by atoms with Crippen molar-refractivity contribution in [2.45, 2.75) is 19.4 Å². The highest BCUT2D eigenvalue weighted by Gasteiger charge is 2.32. The molecule has 0 unspecified atom stereocenters. The number of thiazole rings is 1. The molecule has 2 aliphatic heterocycles. The van der Waals surface area contributed by atoms with Crippen molar-refractivity contribution in [1.82, 2.24) is 14.9 Å². The van der Waals surface area contributed by atoms with Crippen LogP contribution in [0.3, 0.4) is 0 Å². The number of rotatable bonds is 4. The molecule has 0 radical (unpaired) electrons. The molecule has 26 heavy (non-hydrogen) atoms. The van der Waals surface area contributed by atoms with Gasteiger partial charge in [-0.1, -0.05) is 12.1 Å². The maximum absolute atomic E-state index is 13.0. The van der Waals surface area contributed by atoms with E-state index >= 15 is 0 Å². The smallest absolute Gasteiger partial charge is 0.256 e. The van der Waals surface area contributed by atoms with E-state index < -0.39 is 0 Å². The summed E-state index contributed by atoms with van der Waals surface area (Å²) in [4.78, 5) is 24.0. The Morgan fingerprint density at radius 3 is 3.00 bits per heavy atom. The van der Waals surface area contributed by atoms with Crippen LogP contribution in [-0.4, -0.2) is 33.9 Å². The second-order valence-corrected chi connectivity index (χ2v) is 7.61. The van der Waals surface area contributed by atoms with Crippen molar-refractivity contribution in [3.63, 3.8) is 0 Å². The van der Waals surface area contributed by atoms with Crippen LogP contribution in [0.25, 0.3) is 15.8 Å². The average molecular weight is 363 g/mol. The molecule has 5 rings (SSSR count). The number of nitrogens with zero attached hydrogens (tertiary/aromatic N) is 3. The molecule has 0 saturated carbocycles. The summed E-state index contributed by atoms with van der Waals surface area (Å²) in [7, 11) is 0. The van der Waals surface area contributed by atoms with Crippen molar-refractivity contribution in [2.75, 3.05) is 13.2 Å². The average Bonchev–Trinajstić information content (AvgIpc) is 3.39. The van der Waals surface area contributed by atoms with Gasteiger partial charge in [-0.15, -0.1) is 11.3 Å².